The number of benzene rings is 1. The van der Waals surface area contributed by atoms with E-state index in [0.29, 0.717) is 11.5 Å². The molecular weight excluding hydrogens is 287 g/mol. The smallest absolute Gasteiger partial charge is 0.270 e. The minimum Gasteiger partial charge on any atom is -0.497 e. The Hall–Kier alpha value is -2.63. The molecule has 1 aromatic heterocycles. The van der Waals surface area contributed by atoms with Crippen LogP contribution >= 0.6 is 0 Å². The number of carbonyl (C=O) groups is 1. The van der Waals surface area contributed by atoms with E-state index in [1.54, 1.807) is 32.4 Å². The van der Waals surface area contributed by atoms with E-state index in [9.17, 15) is 9.18 Å². The number of halogens is 1. The molecule has 6 heteroatoms. The van der Waals surface area contributed by atoms with Crippen molar-refractivity contribution < 1.29 is 18.7 Å². The molecule has 0 aliphatic rings. The van der Waals surface area contributed by atoms with Gasteiger partial charge in [-0.2, -0.15) is 0 Å². The molecule has 0 unspecified atom stereocenters. The Balaban J connectivity index is 2.09. The molecule has 0 fully saturated rings. The van der Waals surface area contributed by atoms with Crippen LogP contribution < -0.4 is 14.8 Å². The van der Waals surface area contributed by atoms with Crippen molar-refractivity contribution in [2.24, 2.45) is 0 Å². The normalized spacial score (nSPS) is 10.2. The number of pyridine rings is 1. The topological polar surface area (TPSA) is 60.5 Å². The van der Waals surface area contributed by atoms with Crippen molar-refractivity contribution in [3.8, 4) is 11.5 Å². The van der Waals surface area contributed by atoms with Gasteiger partial charge < -0.3 is 14.8 Å². The molecule has 1 N–H and O–H groups in total. The van der Waals surface area contributed by atoms with Gasteiger partial charge in [-0.15, -0.1) is 0 Å². The summed E-state index contributed by atoms with van der Waals surface area (Å²) in [6.45, 7) is 1.78. The monoisotopic (exact) mass is 304 g/mol. The van der Waals surface area contributed by atoms with Crippen molar-refractivity contribution in [2.75, 3.05) is 14.2 Å². The first-order valence-electron chi connectivity index (χ1n) is 6.67. The Labute approximate surface area is 128 Å². The number of methoxy groups -OCH3 is 2. The van der Waals surface area contributed by atoms with Crippen LogP contribution in [0.1, 0.15) is 21.7 Å². The summed E-state index contributed by atoms with van der Waals surface area (Å²) in [6, 6.07) is 7.90. The molecule has 0 spiro atoms. The van der Waals surface area contributed by atoms with Gasteiger partial charge in [-0.1, -0.05) is 0 Å². The fourth-order valence-corrected chi connectivity index (χ4v) is 1.93. The summed E-state index contributed by atoms with van der Waals surface area (Å²) in [4.78, 5) is 16.0. The number of hydrogen-bond donors (Lipinski definition) is 1. The molecule has 0 saturated heterocycles. The molecule has 5 nitrogen and oxygen atoms in total. The van der Waals surface area contributed by atoms with Crippen molar-refractivity contribution in [3.05, 3.63) is 53.1 Å². The van der Waals surface area contributed by atoms with Gasteiger partial charge in [0, 0.05) is 18.2 Å². The molecular formula is C16H17FN2O3. The van der Waals surface area contributed by atoms with Gasteiger partial charge in [-0.25, -0.2) is 9.37 Å². The lowest BCUT2D eigenvalue weighted by atomic mass is 10.2. The first-order chi connectivity index (χ1) is 10.5. The summed E-state index contributed by atoms with van der Waals surface area (Å²) in [5.41, 5.74) is 1.16. The molecule has 0 bridgehead atoms. The Bertz CT molecular complexity index is 689. The summed E-state index contributed by atoms with van der Waals surface area (Å²) in [7, 11) is 3.11. The van der Waals surface area contributed by atoms with E-state index in [0.717, 1.165) is 5.56 Å². The average Bonchev–Trinajstić information content (AvgIpc) is 2.54. The van der Waals surface area contributed by atoms with Crippen LogP contribution in [0.25, 0.3) is 0 Å². The third kappa shape index (κ3) is 3.52. The molecule has 0 radical (unpaired) electrons. The van der Waals surface area contributed by atoms with Crippen LogP contribution in [-0.2, 0) is 6.54 Å². The fourth-order valence-electron chi connectivity index (χ4n) is 1.93. The number of rotatable bonds is 5. The number of ether oxygens (including phenoxy) is 2. The van der Waals surface area contributed by atoms with Crippen molar-refractivity contribution in [2.45, 2.75) is 13.5 Å². The van der Waals surface area contributed by atoms with Crippen LogP contribution in [0.15, 0.2) is 30.3 Å². The Morgan fingerprint density at radius 1 is 1.23 bits per heavy atom. The van der Waals surface area contributed by atoms with E-state index in [4.69, 9.17) is 9.47 Å². The predicted octanol–water partition coefficient (Wildman–Crippen LogP) is 2.48. The van der Waals surface area contributed by atoms with Gasteiger partial charge in [0.25, 0.3) is 5.91 Å². The molecule has 0 aliphatic heterocycles. The van der Waals surface area contributed by atoms with E-state index in [1.165, 1.54) is 19.1 Å². The van der Waals surface area contributed by atoms with Gasteiger partial charge in [0.05, 0.1) is 19.9 Å². The third-order valence-electron chi connectivity index (χ3n) is 3.19. The number of nitrogens with one attached hydrogen (secondary N) is 1. The quantitative estimate of drug-likeness (QED) is 0.922. The van der Waals surface area contributed by atoms with E-state index in [2.05, 4.69) is 10.3 Å². The van der Waals surface area contributed by atoms with Crippen LogP contribution in [-0.4, -0.2) is 25.1 Å². The average molecular weight is 304 g/mol. The van der Waals surface area contributed by atoms with E-state index in [-0.39, 0.29) is 23.8 Å². The van der Waals surface area contributed by atoms with E-state index >= 15 is 0 Å². The fraction of sp³-hybridized carbons (Fsp3) is 0.250. The molecule has 1 amide bonds. The van der Waals surface area contributed by atoms with Crippen molar-refractivity contribution >= 4 is 5.91 Å². The number of nitrogens with zero attached hydrogens (tertiary/aromatic N) is 1. The van der Waals surface area contributed by atoms with Gasteiger partial charge in [0.1, 0.15) is 23.0 Å². The predicted molar refractivity (Wildman–Crippen MR) is 79.6 cm³/mol. The second kappa shape index (κ2) is 6.89. The highest BCUT2D eigenvalue weighted by Gasteiger charge is 2.11. The maximum atomic E-state index is 13.2. The van der Waals surface area contributed by atoms with Crippen LogP contribution in [0.2, 0.25) is 0 Å². The number of amides is 1. The van der Waals surface area contributed by atoms with Crippen LogP contribution in [0.3, 0.4) is 0 Å². The van der Waals surface area contributed by atoms with Crippen molar-refractivity contribution in [3.63, 3.8) is 0 Å². The summed E-state index contributed by atoms with van der Waals surface area (Å²) in [6.07, 6.45) is 0. The zero-order valence-electron chi connectivity index (χ0n) is 12.6. The molecule has 116 valence electrons. The van der Waals surface area contributed by atoms with Gasteiger partial charge in [-0.05, 0) is 31.2 Å². The highest BCUT2D eigenvalue weighted by Crippen LogP contribution is 2.24. The Morgan fingerprint density at radius 3 is 2.64 bits per heavy atom. The van der Waals surface area contributed by atoms with E-state index < -0.39 is 5.82 Å². The number of carbonyl (C=O) groups excluding carboxylic acids is 1. The Kier molecular flexibility index (Phi) is 4.93. The lowest BCUT2D eigenvalue weighted by Gasteiger charge is -2.11. The molecule has 2 rings (SSSR count). The summed E-state index contributed by atoms with van der Waals surface area (Å²) < 4.78 is 23.5. The van der Waals surface area contributed by atoms with Crippen molar-refractivity contribution in [1.29, 1.82) is 0 Å². The summed E-state index contributed by atoms with van der Waals surface area (Å²) in [5.74, 6) is 0.472. The molecule has 1 heterocycles. The van der Waals surface area contributed by atoms with Crippen LogP contribution in [0, 0.1) is 12.7 Å². The molecule has 1 aromatic carbocycles. The van der Waals surface area contributed by atoms with Gasteiger partial charge in [0.2, 0.25) is 0 Å². The third-order valence-corrected chi connectivity index (χ3v) is 3.19. The zero-order valence-corrected chi connectivity index (χ0v) is 12.6. The largest absolute Gasteiger partial charge is 0.497 e. The number of aryl methyl sites for hydroxylation is 1. The van der Waals surface area contributed by atoms with Gasteiger partial charge in [-0.3, -0.25) is 4.79 Å². The Morgan fingerprint density at radius 2 is 2.00 bits per heavy atom. The first-order valence-corrected chi connectivity index (χ1v) is 6.67. The molecule has 0 saturated carbocycles. The maximum Gasteiger partial charge on any atom is 0.270 e. The second-order valence-electron chi connectivity index (χ2n) is 4.62. The summed E-state index contributed by atoms with van der Waals surface area (Å²) >= 11 is 0. The highest BCUT2D eigenvalue weighted by molar-refractivity contribution is 5.92. The molecule has 22 heavy (non-hydrogen) atoms. The van der Waals surface area contributed by atoms with Crippen LogP contribution in [0.5, 0.6) is 11.5 Å². The van der Waals surface area contributed by atoms with Gasteiger partial charge in [0.15, 0.2) is 0 Å². The highest BCUT2D eigenvalue weighted by atomic mass is 19.1. The number of aromatic nitrogens is 1. The zero-order chi connectivity index (χ0) is 16.1. The SMILES string of the molecule is COc1ccc(CNC(=O)c2ccc(F)c(C)n2)c(OC)c1. The van der Waals surface area contributed by atoms with Crippen molar-refractivity contribution in [1.82, 2.24) is 10.3 Å². The van der Waals surface area contributed by atoms with Gasteiger partial charge >= 0.3 is 0 Å². The number of hydrogen-bond acceptors (Lipinski definition) is 4. The molecule has 2 aromatic rings. The first kappa shape index (κ1) is 15.8. The molecule has 0 aliphatic carbocycles. The van der Waals surface area contributed by atoms with Crippen LogP contribution in [0.4, 0.5) is 4.39 Å². The lowest BCUT2D eigenvalue weighted by Crippen LogP contribution is -2.24. The summed E-state index contributed by atoms with van der Waals surface area (Å²) in [5, 5.41) is 2.73. The lowest BCUT2D eigenvalue weighted by molar-refractivity contribution is 0.0945. The standard InChI is InChI=1S/C16H17FN2O3/c1-10-13(17)6-7-14(19-10)16(20)18-9-11-4-5-12(21-2)8-15(11)22-3/h4-8H,9H2,1-3H3,(H,18,20). The second-order valence-corrected chi connectivity index (χ2v) is 4.62. The maximum absolute atomic E-state index is 13.2. The molecule has 0 atom stereocenters. The minimum atomic E-state index is -0.437. The van der Waals surface area contributed by atoms with E-state index in [1.807, 2.05) is 0 Å². The minimum absolute atomic E-state index is 0.173.